The molecule has 106 valence electrons. The molecule has 0 saturated carbocycles. The summed E-state index contributed by atoms with van der Waals surface area (Å²) >= 11 is 1.78. The van der Waals surface area contributed by atoms with E-state index in [0.717, 1.165) is 29.8 Å². The number of nitrogens with one attached hydrogen (secondary N) is 1. The fourth-order valence-corrected chi connectivity index (χ4v) is 3.83. The van der Waals surface area contributed by atoms with Crippen molar-refractivity contribution in [2.24, 2.45) is 0 Å². The van der Waals surface area contributed by atoms with Crippen molar-refractivity contribution in [1.29, 1.82) is 0 Å². The van der Waals surface area contributed by atoms with Crippen LogP contribution >= 0.6 is 11.3 Å². The zero-order chi connectivity index (χ0) is 14.1. The molecule has 0 aromatic carbocycles. The normalized spacial score (nSPS) is 19.6. The van der Waals surface area contributed by atoms with Crippen LogP contribution in [0.1, 0.15) is 53.0 Å². The molecule has 0 saturated heterocycles. The molecule has 0 fully saturated rings. The molecule has 2 aromatic heterocycles. The van der Waals surface area contributed by atoms with E-state index in [1.165, 1.54) is 16.8 Å². The van der Waals surface area contributed by atoms with Crippen molar-refractivity contribution in [2.45, 2.75) is 45.2 Å². The van der Waals surface area contributed by atoms with E-state index in [1.54, 1.807) is 23.6 Å². The van der Waals surface area contributed by atoms with Gasteiger partial charge in [0.2, 0.25) is 0 Å². The Morgan fingerprint density at radius 3 is 3.10 bits per heavy atom. The fraction of sp³-hybridized carbons (Fsp3) is 0.467. The van der Waals surface area contributed by atoms with Crippen LogP contribution in [0.25, 0.3) is 0 Å². The van der Waals surface area contributed by atoms with Gasteiger partial charge in [-0.25, -0.2) is 9.37 Å². The topological polar surface area (TPSA) is 37.8 Å². The summed E-state index contributed by atoms with van der Waals surface area (Å²) in [6.07, 6.45) is 6.31. The van der Waals surface area contributed by atoms with Crippen molar-refractivity contribution < 1.29 is 4.39 Å². The van der Waals surface area contributed by atoms with Crippen LogP contribution in [0.5, 0.6) is 0 Å². The fourth-order valence-electron chi connectivity index (χ4n) is 2.76. The van der Waals surface area contributed by atoms with Crippen LogP contribution in [0, 0.1) is 12.7 Å². The average Bonchev–Trinajstić information content (AvgIpc) is 2.80. The summed E-state index contributed by atoms with van der Waals surface area (Å²) in [5.74, 6) is -0.283. The maximum Gasteiger partial charge on any atom is 0.141 e. The molecule has 0 bridgehead atoms. The Labute approximate surface area is 122 Å². The number of aryl methyl sites for hydroxylation is 2. The van der Waals surface area contributed by atoms with E-state index in [2.05, 4.69) is 29.1 Å². The van der Waals surface area contributed by atoms with E-state index in [-0.39, 0.29) is 11.9 Å². The molecule has 2 aromatic rings. The molecule has 1 aliphatic rings. The molecular weight excluding hydrogens is 273 g/mol. The highest BCUT2D eigenvalue weighted by Crippen LogP contribution is 2.35. The molecule has 0 amide bonds. The van der Waals surface area contributed by atoms with Gasteiger partial charge in [-0.3, -0.25) is 4.98 Å². The standard InChI is InChI=1S/C15H18FN3S/c1-9(11-6-12(16)8-17-7-11)18-13-4-3-5-14-15(13)20-10(2)19-14/h6-9,13,18H,3-5H2,1-2H3/t9-,13-/m0/s1. The molecule has 1 N–H and O–H groups in total. The highest BCUT2D eigenvalue weighted by Gasteiger charge is 2.25. The minimum atomic E-state index is -0.283. The number of halogens is 1. The molecule has 2 heterocycles. The number of hydrogen-bond acceptors (Lipinski definition) is 4. The molecule has 2 atom stereocenters. The Balaban J connectivity index is 1.78. The van der Waals surface area contributed by atoms with Crippen LogP contribution in [0.3, 0.4) is 0 Å². The average molecular weight is 291 g/mol. The zero-order valence-electron chi connectivity index (χ0n) is 11.7. The van der Waals surface area contributed by atoms with Gasteiger partial charge in [0, 0.05) is 23.2 Å². The number of hydrogen-bond donors (Lipinski definition) is 1. The van der Waals surface area contributed by atoms with Crippen molar-refractivity contribution in [3.63, 3.8) is 0 Å². The molecule has 5 heteroatoms. The quantitative estimate of drug-likeness (QED) is 0.936. The van der Waals surface area contributed by atoms with Crippen LogP contribution in [0.4, 0.5) is 4.39 Å². The van der Waals surface area contributed by atoms with Crippen molar-refractivity contribution in [3.8, 4) is 0 Å². The lowest BCUT2D eigenvalue weighted by atomic mass is 9.96. The first kappa shape index (κ1) is 13.6. The van der Waals surface area contributed by atoms with Gasteiger partial charge in [0.1, 0.15) is 5.82 Å². The second-order valence-corrected chi connectivity index (χ2v) is 6.55. The first-order valence-electron chi connectivity index (χ1n) is 6.96. The minimum Gasteiger partial charge on any atom is -0.302 e. The highest BCUT2D eigenvalue weighted by molar-refractivity contribution is 7.11. The predicted octanol–water partition coefficient (Wildman–Crippen LogP) is 3.71. The molecule has 20 heavy (non-hydrogen) atoms. The van der Waals surface area contributed by atoms with Gasteiger partial charge in [-0.15, -0.1) is 11.3 Å². The number of nitrogens with zero attached hydrogens (tertiary/aromatic N) is 2. The monoisotopic (exact) mass is 291 g/mol. The molecule has 0 aliphatic heterocycles. The van der Waals surface area contributed by atoms with Crippen LogP contribution in [-0.2, 0) is 6.42 Å². The zero-order valence-corrected chi connectivity index (χ0v) is 12.5. The highest BCUT2D eigenvalue weighted by atomic mass is 32.1. The van der Waals surface area contributed by atoms with Gasteiger partial charge < -0.3 is 5.32 Å². The smallest absolute Gasteiger partial charge is 0.141 e. The van der Waals surface area contributed by atoms with Crippen LogP contribution in [0.2, 0.25) is 0 Å². The third-order valence-corrected chi connectivity index (χ3v) is 4.86. The molecule has 0 spiro atoms. The third kappa shape index (κ3) is 2.74. The van der Waals surface area contributed by atoms with Crippen LogP contribution < -0.4 is 5.32 Å². The predicted molar refractivity (Wildman–Crippen MR) is 78.3 cm³/mol. The Kier molecular flexibility index (Phi) is 3.81. The second kappa shape index (κ2) is 5.58. The SMILES string of the molecule is Cc1nc2c(s1)[C@@H](N[C@@H](C)c1cncc(F)c1)CCC2. The lowest BCUT2D eigenvalue weighted by molar-refractivity contribution is 0.417. The molecule has 0 unspecified atom stereocenters. The van der Waals surface area contributed by atoms with Gasteiger partial charge in [0.05, 0.1) is 16.9 Å². The number of pyridine rings is 1. The number of thiazole rings is 1. The lowest BCUT2D eigenvalue weighted by Gasteiger charge is -2.26. The Hall–Kier alpha value is -1.33. The maximum atomic E-state index is 13.3. The van der Waals surface area contributed by atoms with Crippen LogP contribution in [0.15, 0.2) is 18.5 Å². The summed E-state index contributed by atoms with van der Waals surface area (Å²) in [6.45, 7) is 4.11. The molecular formula is C15H18FN3S. The number of rotatable bonds is 3. The second-order valence-electron chi connectivity index (χ2n) is 5.31. The minimum absolute atomic E-state index is 0.0801. The third-order valence-electron chi connectivity index (χ3n) is 3.73. The molecule has 0 radical (unpaired) electrons. The summed E-state index contributed by atoms with van der Waals surface area (Å²) < 4.78 is 13.3. The number of aromatic nitrogens is 2. The van der Waals surface area contributed by atoms with Crippen molar-refractivity contribution in [1.82, 2.24) is 15.3 Å². The van der Waals surface area contributed by atoms with Gasteiger partial charge in [-0.05, 0) is 44.7 Å². The first-order valence-corrected chi connectivity index (χ1v) is 7.78. The van der Waals surface area contributed by atoms with E-state index >= 15 is 0 Å². The maximum absolute atomic E-state index is 13.3. The molecule has 1 aliphatic carbocycles. The summed E-state index contributed by atoms with van der Waals surface area (Å²) in [5, 5.41) is 4.72. The lowest BCUT2D eigenvalue weighted by Crippen LogP contribution is -2.27. The Bertz CT molecular complexity index is 611. The summed E-state index contributed by atoms with van der Waals surface area (Å²) in [7, 11) is 0. The summed E-state index contributed by atoms with van der Waals surface area (Å²) in [5.41, 5.74) is 2.12. The number of fused-ring (bicyclic) bond motifs is 1. The van der Waals surface area contributed by atoms with Gasteiger partial charge in [-0.2, -0.15) is 0 Å². The van der Waals surface area contributed by atoms with Gasteiger partial charge in [0.15, 0.2) is 0 Å². The van der Waals surface area contributed by atoms with E-state index in [9.17, 15) is 4.39 Å². The Morgan fingerprint density at radius 1 is 1.45 bits per heavy atom. The van der Waals surface area contributed by atoms with Gasteiger partial charge >= 0.3 is 0 Å². The van der Waals surface area contributed by atoms with E-state index in [0.29, 0.717) is 6.04 Å². The molecule has 3 rings (SSSR count). The van der Waals surface area contributed by atoms with Crippen molar-refractivity contribution in [3.05, 3.63) is 45.4 Å². The van der Waals surface area contributed by atoms with Gasteiger partial charge in [0.25, 0.3) is 0 Å². The summed E-state index contributed by atoms with van der Waals surface area (Å²) in [6, 6.07) is 1.95. The van der Waals surface area contributed by atoms with Crippen molar-refractivity contribution >= 4 is 11.3 Å². The van der Waals surface area contributed by atoms with E-state index in [1.807, 2.05) is 0 Å². The van der Waals surface area contributed by atoms with E-state index in [4.69, 9.17) is 0 Å². The van der Waals surface area contributed by atoms with E-state index < -0.39 is 0 Å². The Morgan fingerprint density at radius 2 is 2.30 bits per heavy atom. The molecule has 3 nitrogen and oxygen atoms in total. The van der Waals surface area contributed by atoms with Gasteiger partial charge in [-0.1, -0.05) is 0 Å². The first-order chi connectivity index (χ1) is 9.63. The van der Waals surface area contributed by atoms with Crippen LogP contribution in [-0.4, -0.2) is 9.97 Å². The summed E-state index contributed by atoms with van der Waals surface area (Å²) in [4.78, 5) is 9.88. The van der Waals surface area contributed by atoms with Crippen molar-refractivity contribution in [2.75, 3.05) is 0 Å². The largest absolute Gasteiger partial charge is 0.302 e.